The van der Waals surface area contributed by atoms with Crippen LogP contribution < -0.4 is 11.1 Å². The van der Waals surface area contributed by atoms with Crippen molar-refractivity contribution < 1.29 is 28.7 Å². The fourth-order valence-corrected chi connectivity index (χ4v) is 3.14. The summed E-state index contributed by atoms with van der Waals surface area (Å²) < 4.78 is 9.19. The molecule has 2 amide bonds. The van der Waals surface area contributed by atoms with Gasteiger partial charge in [0.05, 0.1) is 14.2 Å². The Balaban J connectivity index is 2.83. The van der Waals surface area contributed by atoms with Crippen LogP contribution in [0.25, 0.3) is 0 Å². The minimum absolute atomic E-state index is 0.297. The Kier molecular flexibility index (Phi) is 7.67. The lowest BCUT2D eigenvalue weighted by molar-refractivity contribution is -0.162. The third-order valence-corrected chi connectivity index (χ3v) is 4.53. The summed E-state index contributed by atoms with van der Waals surface area (Å²) in [6.07, 6.45) is 4.46. The van der Waals surface area contributed by atoms with Gasteiger partial charge < -0.3 is 20.5 Å². The standard InChI is InChI=1S/C16H26N2O6/c1-9(12(15(21)23-2)16(22)24-3)13(14(17)20)18-11(19)8-10-6-4-5-7-10/h9-10,12-13H,4-8H2,1-3H3,(H2,17,20)(H,18,19)/t9-,13+/m0/s1. The van der Waals surface area contributed by atoms with E-state index in [1.165, 1.54) is 6.92 Å². The molecule has 1 rings (SSSR count). The molecule has 8 heteroatoms. The van der Waals surface area contributed by atoms with Crippen molar-refractivity contribution in [2.45, 2.75) is 45.1 Å². The van der Waals surface area contributed by atoms with Gasteiger partial charge in [-0.05, 0) is 18.8 Å². The average molecular weight is 342 g/mol. The maximum atomic E-state index is 12.2. The third-order valence-electron chi connectivity index (χ3n) is 4.53. The molecule has 0 unspecified atom stereocenters. The van der Waals surface area contributed by atoms with Crippen molar-refractivity contribution >= 4 is 23.8 Å². The molecular weight excluding hydrogens is 316 g/mol. The molecule has 136 valence electrons. The lowest BCUT2D eigenvalue weighted by atomic mass is 9.86. The SMILES string of the molecule is COC(=O)C(C(=O)OC)[C@H](C)[C@@H](NC(=O)CC1CCCC1)C(N)=O. The number of hydrogen-bond acceptors (Lipinski definition) is 6. The highest BCUT2D eigenvalue weighted by Gasteiger charge is 2.41. The minimum atomic E-state index is -1.34. The van der Waals surface area contributed by atoms with Crippen molar-refractivity contribution in [3.05, 3.63) is 0 Å². The Morgan fingerprint density at radius 3 is 2.00 bits per heavy atom. The third kappa shape index (κ3) is 5.21. The number of esters is 2. The molecule has 0 radical (unpaired) electrons. The number of amides is 2. The Morgan fingerprint density at radius 2 is 1.58 bits per heavy atom. The van der Waals surface area contributed by atoms with E-state index in [4.69, 9.17) is 5.73 Å². The van der Waals surface area contributed by atoms with Gasteiger partial charge in [-0.2, -0.15) is 0 Å². The number of nitrogens with one attached hydrogen (secondary N) is 1. The molecule has 0 spiro atoms. The molecule has 1 fully saturated rings. The highest BCUT2D eigenvalue weighted by atomic mass is 16.5. The number of nitrogens with two attached hydrogens (primary N) is 1. The summed E-state index contributed by atoms with van der Waals surface area (Å²) in [5.41, 5.74) is 5.36. The molecule has 24 heavy (non-hydrogen) atoms. The van der Waals surface area contributed by atoms with E-state index in [-0.39, 0.29) is 5.91 Å². The molecule has 0 aromatic carbocycles. The van der Waals surface area contributed by atoms with Gasteiger partial charge >= 0.3 is 11.9 Å². The van der Waals surface area contributed by atoms with Crippen LogP contribution in [0.15, 0.2) is 0 Å². The predicted octanol–water partition coefficient (Wildman–Crippen LogP) is 0.135. The molecule has 1 aliphatic rings. The molecular formula is C16H26N2O6. The molecule has 1 aliphatic carbocycles. The second-order valence-electron chi connectivity index (χ2n) is 6.19. The first kappa shape index (κ1) is 19.9. The normalized spacial score (nSPS) is 17.2. The highest BCUT2D eigenvalue weighted by Crippen LogP contribution is 2.27. The second-order valence-corrected chi connectivity index (χ2v) is 6.19. The summed E-state index contributed by atoms with van der Waals surface area (Å²) in [6.45, 7) is 1.48. The largest absolute Gasteiger partial charge is 0.468 e. The van der Waals surface area contributed by atoms with Gasteiger partial charge in [-0.25, -0.2) is 0 Å². The zero-order chi connectivity index (χ0) is 18.3. The molecule has 0 bridgehead atoms. The van der Waals surface area contributed by atoms with Crippen LogP contribution in [0.3, 0.4) is 0 Å². The maximum Gasteiger partial charge on any atom is 0.320 e. The van der Waals surface area contributed by atoms with Crippen LogP contribution in [0, 0.1) is 17.8 Å². The molecule has 0 aromatic rings. The van der Waals surface area contributed by atoms with E-state index in [2.05, 4.69) is 14.8 Å². The lowest BCUT2D eigenvalue weighted by Gasteiger charge is -2.27. The molecule has 0 aliphatic heterocycles. The summed E-state index contributed by atoms with van der Waals surface area (Å²) in [4.78, 5) is 47.6. The Morgan fingerprint density at radius 1 is 1.08 bits per heavy atom. The van der Waals surface area contributed by atoms with Crippen LogP contribution in [0.5, 0.6) is 0 Å². The number of methoxy groups -OCH3 is 2. The predicted molar refractivity (Wildman–Crippen MR) is 84.4 cm³/mol. The van der Waals surface area contributed by atoms with Gasteiger partial charge in [0.15, 0.2) is 5.92 Å². The highest BCUT2D eigenvalue weighted by molar-refractivity contribution is 5.97. The monoisotopic (exact) mass is 342 g/mol. The van der Waals surface area contributed by atoms with Crippen molar-refractivity contribution in [3.8, 4) is 0 Å². The van der Waals surface area contributed by atoms with Gasteiger partial charge in [0.2, 0.25) is 11.8 Å². The quantitative estimate of drug-likeness (QED) is 0.477. The number of rotatable bonds is 8. The topological polar surface area (TPSA) is 125 Å². The first-order chi connectivity index (χ1) is 11.3. The first-order valence-corrected chi connectivity index (χ1v) is 8.06. The molecule has 8 nitrogen and oxygen atoms in total. The number of carbonyl (C=O) groups is 4. The summed E-state index contributed by atoms with van der Waals surface area (Å²) in [6, 6.07) is -1.16. The summed E-state index contributed by atoms with van der Waals surface area (Å²) in [7, 11) is 2.26. The maximum absolute atomic E-state index is 12.2. The van der Waals surface area contributed by atoms with Crippen LogP contribution in [-0.2, 0) is 28.7 Å². The molecule has 3 N–H and O–H groups in total. The van der Waals surface area contributed by atoms with E-state index < -0.39 is 35.7 Å². The van der Waals surface area contributed by atoms with Crippen molar-refractivity contribution in [1.82, 2.24) is 5.32 Å². The van der Waals surface area contributed by atoms with Gasteiger partial charge in [0.1, 0.15) is 6.04 Å². The summed E-state index contributed by atoms with van der Waals surface area (Å²) >= 11 is 0. The average Bonchev–Trinajstić information content (AvgIpc) is 3.04. The van der Waals surface area contributed by atoms with Gasteiger partial charge in [-0.15, -0.1) is 0 Å². The molecule has 0 aromatic heterocycles. The van der Waals surface area contributed by atoms with Crippen LogP contribution in [-0.4, -0.2) is 44.0 Å². The van der Waals surface area contributed by atoms with E-state index in [0.717, 1.165) is 39.9 Å². The van der Waals surface area contributed by atoms with Gasteiger partial charge in [0, 0.05) is 12.3 Å². The van der Waals surface area contributed by atoms with E-state index in [9.17, 15) is 19.2 Å². The van der Waals surface area contributed by atoms with E-state index in [1.807, 2.05) is 0 Å². The Bertz CT molecular complexity index is 471. The van der Waals surface area contributed by atoms with Crippen LogP contribution in [0.2, 0.25) is 0 Å². The van der Waals surface area contributed by atoms with Gasteiger partial charge in [-0.1, -0.05) is 19.8 Å². The van der Waals surface area contributed by atoms with E-state index in [1.54, 1.807) is 0 Å². The van der Waals surface area contributed by atoms with E-state index >= 15 is 0 Å². The molecule has 0 saturated heterocycles. The molecule has 1 saturated carbocycles. The fraction of sp³-hybridized carbons (Fsp3) is 0.750. The van der Waals surface area contributed by atoms with Gasteiger partial charge in [-0.3, -0.25) is 19.2 Å². The zero-order valence-electron chi connectivity index (χ0n) is 14.4. The zero-order valence-corrected chi connectivity index (χ0v) is 14.4. The molecule has 0 heterocycles. The first-order valence-electron chi connectivity index (χ1n) is 8.06. The van der Waals surface area contributed by atoms with Crippen molar-refractivity contribution in [3.63, 3.8) is 0 Å². The second kappa shape index (κ2) is 9.24. The van der Waals surface area contributed by atoms with Crippen molar-refractivity contribution in [2.24, 2.45) is 23.5 Å². The Hall–Kier alpha value is -2.12. The summed E-state index contributed by atoms with van der Waals surface area (Å²) in [5, 5.41) is 2.55. The number of carbonyl (C=O) groups excluding carboxylic acids is 4. The van der Waals surface area contributed by atoms with Gasteiger partial charge in [0.25, 0.3) is 0 Å². The number of ether oxygens (including phenoxy) is 2. The minimum Gasteiger partial charge on any atom is -0.468 e. The van der Waals surface area contributed by atoms with Crippen LogP contribution in [0.1, 0.15) is 39.0 Å². The fourth-order valence-electron chi connectivity index (χ4n) is 3.14. The Labute approximate surface area is 141 Å². The summed E-state index contributed by atoms with van der Waals surface area (Å²) in [5.74, 6) is -4.76. The van der Waals surface area contributed by atoms with Crippen molar-refractivity contribution in [2.75, 3.05) is 14.2 Å². The van der Waals surface area contributed by atoms with Crippen molar-refractivity contribution in [1.29, 1.82) is 0 Å². The lowest BCUT2D eigenvalue weighted by Crippen LogP contribution is -2.53. The number of primary amides is 1. The van der Waals surface area contributed by atoms with E-state index in [0.29, 0.717) is 12.3 Å². The molecule has 2 atom stereocenters. The smallest absolute Gasteiger partial charge is 0.320 e. The van der Waals surface area contributed by atoms with Crippen LogP contribution in [0.4, 0.5) is 0 Å². The van der Waals surface area contributed by atoms with Crippen LogP contribution >= 0.6 is 0 Å². The number of hydrogen-bond donors (Lipinski definition) is 2.